The van der Waals surface area contributed by atoms with Gasteiger partial charge in [0.25, 0.3) is 5.91 Å². The van der Waals surface area contributed by atoms with E-state index >= 15 is 0 Å². The quantitative estimate of drug-likeness (QED) is 0.456. The summed E-state index contributed by atoms with van der Waals surface area (Å²) in [4.78, 5) is 23.2. The monoisotopic (exact) mass is 367 g/mol. The highest BCUT2D eigenvalue weighted by Gasteiger charge is 2.21. The van der Waals surface area contributed by atoms with E-state index in [4.69, 9.17) is 22.0 Å². The molecule has 0 aliphatic heterocycles. The van der Waals surface area contributed by atoms with Gasteiger partial charge < -0.3 is 15.7 Å². The van der Waals surface area contributed by atoms with Crippen molar-refractivity contribution >= 4 is 35.2 Å². The minimum absolute atomic E-state index is 0.197. The minimum atomic E-state index is -1.13. The lowest BCUT2D eigenvalue weighted by Gasteiger charge is -2.13. The van der Waals surface area contributed by atoms with Gasteiger partial charge in [-0.1, -0.05) is 29.8 Å². The molecule has 0 aliphatic rings. The Bertz CT molecular complexity index is 658. The molecule has 0 radical (unpaired) electrons. The van der Waals surface area contributed by atoms with E-state index in [1.807, 2.05) is 18.4 Å². The van der Waals surface area contributed by atoms with Crippen molar-refractivity contribution in [3.8, 4) is 6.07 Å². The number of benzene rings is 1. The number of halogens is 1. The van der Waals surface area contributed by atoms with E-state index in [0.717, 1.165) is 5.56 Å². The Hall–Kier alpha value is -2.17. The standard InChI is InChI=1S/C16H18ClN3O3S/c1-24-7-6-14(16(22)23)20-15(21)12(8-18)10-19-9-11-4-2-3-5-13(11)17/h2-5,10,14,19H,6-7,9H2,1H3,(H,20,21)(H,22,23)/b12-10-. The molecule has 1 rings (SSSR count). The topological polar surface area (TPSA) is 102 Å². The molecule has 24 heavy (non-hydrogen) atoms. The maximum Gasteiger partial charge on any atom is 0.326 e. The second-order valence-corrected chi connectivity index (χ2v) is 6.18. The van der Waals surface area contributed by atoms with Crippen LogP contribution in [-0.2, 0) is 16.1 Å². The van der Waals surface area contributed by atoms with Crippen LogP contribution in [0.15, 0.2) is 36.0 Å². The third-order valence-electron chi connectivity index (χ3n) is 3.08. The van der Waals surface area contributed by atoms with Crippen LogP contribution in [0, 0.1) is 11.3 Å². The van der Waals surface area contributed by atoms with Crippen molar-refractivity contribution in [1.82, 2.24) is 10.6 Å². The molecular weight excluding hydrogens is 350 g/mol. The van der Waals surface area contributed by atoms with Gasteiger partial charge in [0.15, 0.2) is 0 Å². The Morgan fingerprint density at radius 1 is 1.46 bits per heavy atom. The first-order chi connectivity index (χ1) is 11.5. The van der Waals surface area contributed by atoms with Crippen molar-refractivity contribution in [3.05, 3.63) is 46.6 Å². The van der Waals surface area contributed by atoms with Crippen LogP contribution in [0.2, 0.25) is 5.02 Å². The van der Waals surface area contributed by atoms with Gasteiger partial charge in [-0.2, -0.15) is 17.0 Å². The first-order valence-corrected chi connectivity index (χ1v) is 8.86. The van der Waals surface area contributed by atoms with Crippen molar-refractivity contribution in [2.75, 3.05) is 12.0 Å². The number of carboxylic acid groups (broad SMARTS) is 1. The number of hydrogen-bond acceptors (Lipinski definition) is 5. The van der Waals surface area contributed by atoms with Gasteiger partial charge in [-0.05, 0) is 30.1 Å². The lowest BCUT2D eigenvalue weighted by Crippen LogP contribution is -2.41. The number of nitriles is 1. The van der Waals surface area contributed by atoms with Gasteiger partial charge in [0.1, 0.15) is 17.7 Å². The number of nitrogens with one attached hydrogen (secondary N) is 2. The molecule has 0 spiro atoms. The normalized spacial score (nSPS) is 12.1. The Labute approximate surface area is 149 Å². The summed E-state index contributed by atoms with van der Waals surface area (Å²) in [5, 5.41) is 23.9. The highest BCUT2D eigenvalue weighted by atomic mass is 35.5. The van der Waals surface area contributed by atoms with Gasteiger partial charge >= 0.3 is 5.97 Å². The lowest BCUT2D eigenvalue weighted by molar-refractivity contribution is -0.141. The minimum Gasteiger partial charge on any atom is -0.480 e. The average molecular weight is 368 g/mol. The third-order valence-corrected chi connectivity index (χ3v) is 4.09. The number of amides is 1. The maximum absolute atomic E-state index is 12.0. The fourth-order valence-corrected chi connectivity index (χ4v) is 2.46. The molecule has 1 aromatic carbocycles. The Morgan fingerprint density at radius 2 is 2.17 bits per heavy atom. The molecule has 3 N–H and O–H groups in total. The molecule has 128 valence electrons. The largest absolute Gasteiger partial charge is 0.480 e. The molecule has 0 bridgehead atoms. The summed E-state index contributed by atoms with van der Waals surface area (Å²) in [6.45, 7) is 0.340. The second-order valence-electron chi connectivity index (χ2n) is 4.79. The number of nitrogens with zero attached hydrogens (tertiary/aromatic N) is 1. The van der Waals surface area contributed by atoms with Crippen molar-refractivity contribution < 1.29 is 14.7 Å². The van der Waals surface area contributed by atoms with E-state index in [2.05, 4.69) is 10.6 Å². The van der Waals surface area contributed by atoms with Crippen LogP contribution in [0.25, 0.3) is 0 Å². The van der Waals surface area contributed by atoms with Gasteiger partial charge in [-0.25, -0.2) is 4.79 Å². The number of carbonyl (C=O) groups is 2. The van der Waals surface area contributed by atoms with E-state index in [1.54, 1.807) is 18.2 Å². The maximum atomic E-state index is 12.0. The van der Waals surface area contributed by atoms with Gasteiger partial charge in [-0.15, -0.1) is 0 Å². The summed E-state index contributed by atoms with van der Waals surface area (Å²) in [6, 6.07) is 7.92. The van der Waals surface area contributed by atoms with E-state index in [9.17, 15) is 9.59 Å². The molecule has 0 aromatic heterocycles. The van der Waals surface area contributed by atoms with Crippen LogP contribution in [0.1, 0.15) is 12.0 Å². The first kappa shape index (κ1) is 19.9. The highest BCUT2D eigenvalue weighted by molar-refractivity contribution is 7.98. The Balaban J connectivity index is 2.66. The Morgan fingerprint density at radius 3 is 2.75 bits per heavy atom. The zero-order valence-electron chi connectivity index (χ0n) is 13.1. The van der Waals surface area contributed by atoms with Crippen LogP contribution in [0.4, 0.5) is 0 Å². The van der Waals surface area contributed by atoms with Gasteiger partial charge in [-0.3, -0.25) is 4.79 Å². The zero-order valence-corrected chi connectivity index (χ0v) is 14.7. The van der Waals surface area contributed by atoms with Crippen molar-refractivity contribution in [1.29, 1.82) is 5.26 Å². The fourth-order valence-electron chi connectivity index (χ4n) is 1.78. The fraction of sp³-hybridized carbons (Fsp3) is 0.312. The number of aliphatic carboxylic acids is 1. The zero-order chi connectivity index (χ0) is 17.9. The predicted octanol–water partition coefficient (Wildman–Crippen LogP) is 2.16. The van der Waals surface area contributed by atoms with Crippen LogP contribution in [0.5, 0.6) is 0 Å². The van der Waals surface area contributed by atoms with Crippen LogP contribution >= 0.6 is 23.4 Å². The molecule has 0 saturated heterocycles. The molecular formula is C16H18ClN3O3S. The van der Waals surface area contributed by atoms with E-state index in [0.29, 0.717) is 17.3 Å². The molecule has 0 saturated carbocycles. The number of carboxylic acids is 1. The highest BCUT2D eigenvalue weighted by Crippen LogP contribution is 2.14. The summed E-state index contributed by atoms with van der Waals surface area (Å²) in [6.07, 6.45) is 3.39. The predicted molar refractivity (Wildman–Crippen MR) is 94.6 cm³/mol. The lowest BCUT2D eigenvalue weighted by atomic mass is 10.2. The van der Waals surface area contributed by atoms with Crippen LogP contribution in [-0.4, -0.2) is 35.0 Å². The molecule has 1 aromatic rings. The van der Waals surface area contributed by atoms with Gasteiger partial charge in [0, 0.05) is 17.8 Å². The third kappa shape index (κ3) is 6.52. The summed E-state index contributed by atoms with van der Waals surface area (Å²) in [5.74, 6) is -1.26. The van der Waals surface area contributed by atoms with Crippen molar-refractivity contribution in [3.63, 3.8) is 0 Å². The molecule has 0 heterocycles. The summed E-state index contributed by atoms with van der Waals surface area (Å²) in [5.41, 5.74) is 0.619. The molecule has 1 atom stereocenters. The van der Waals surface area contributed by atoms with Crippen LogP contribution in [0.3, 0.4) is 0 Å². The SMILES string of the molecule is CSCCC(NC(=O)/C(C#N)=C\NCc1ccccc1Cl)C(=O)O. The van der Waals surface area contributed by atoms with Crippen molar-refractivity contribution in [2.24, 2.45) is 0 Å². The summed E-state index contributed by atoms with van der Waals surface area (Å²) >= 11 is 7.50. The van der Waals surface area contributed by atoms with Gasteiger partial charge in [0.05, 0.1) is 0 Å². The number of thioether (sulfide) groups is 1. The molecule has 6 nitrogen and oxygen atoms in total. The number of carbonyl (C=O) groups excluding carboxylic acids is 1. The van der Waals surface area contributed by atoms with Crippen LogP contribution < -0.4 is 10.6 Å². The van der Waals surface area contributed by atoms with Gasteiger partial charge in [0.2, 0.25) is 0 Å². The first-order valence-electron chi connectivity index (χ1n) is 7.09. The molecule has 8 heteroatoms. The molecule has 0 aliphatic carbocycles. The van der Waals surface area contributed by atoms with E-state index in [-0.39, 0.29) is 12.0 Å². The van der Waals surface area contributed by atoms with E-state index in [1.165, 1.54) is 18.0 Å². The smallest absolute Gasteiger partial charge is 0.326 e. The Kier molecular flexibility index (Phi) is 8.76. The number of hydrogen-bond donors (Lipinski definition) is 3. The average Bonchev–Trinajstić information content (AvgIpc) is 2.56. The number of rotatable bonds is 9. The summed E-state index contributed by atoms with van der Waals surface area (Å²) < 4.78 is 0. The van der Waals surface area contributed by atoms with Crippen molar-refractivity contribution in [2.45, 2.75) is 19.0 Å². The molecule has 1 amide bonds. The molecule has 0 fully saturated rings. The van der Waals surface area contributed by atoms with E-state index < -0.39 is 17.9 Å². The summed E-state index contributed by atoms with van der Waals surface area (Å²) in [7, 11) is 0. The second kappa shape index (κ2) is 10.6. The molecule has 1 unspecified atom stereocenters.